The van der Waals surface area contributed by atoms with E-state index in [1.54, 1.807) is 12.2 Å². The monoisotopic (exact) mass is 289 g/mol. The van der Waals surface area contributed by atoms with Gasteiger partial charge in [-0.05, 0) is 24.6 Å². The third kappa shape index (κ3) is 3.17. The number of nitrogens with one attached hydrogen (secondary N) is 1. The number of hydrogen-bond acceptors (Lipinski definition) is 3. The zero-order valence-electron chi connectivity index (χ0n) is 9.88. The lowest BCUT2D eigenvalue weighted by Gasteiger charge is -2.13. The van der Waals surface area contributed by atoms with Crippen molar-refractivity contribution in [3.05, 3.63) is 42.0 Å². The minimum absolute atomic E-state index is 0.0803. The molecule has 2 N–H and O–H groups in total. The molecule has 0 heterocycles. The summed E-state index contributed by atoms with van der Waals surface area (Å²) in [6.07, 6.45) is 3.68. The molecule has 2 atom stereocenters. The van der Waals surface area contributed by atoms with Crippen molar-refractivity contribution in [2.24, 2.45) is 5.92 Å². The number of aliphatic hydroxyl groups is 1. The maximum atomic E-state index is 13.4. The zero-order valence-corrected chi connectivity index (χ0v) is 10.7. The van der Waals surface area contributed by atoms with Crippen molar-refractivity contribution in [3.63, 3.8) is 0 Å². The molecule has 104 valence electrons. The summed E-state index contributed by atoms with van der Waals surface area (Å²) in [6, 6.07) is 1.74. The first-order valence-corrected chi connectivity index (χ1v) is 7.17. The molecule has 2 rings (SSSR count). The summed E-state index contributed by atoms with van der Waals surface area (Å²) in [4.78, 5) is -0.714. The number of aliphatic hydroxyl groups excluding tert-OH is 1. The average Bonchev–Trinajstić information content (AvgIpc) is 2.79. The molecule has 0 fully saturated rings. The molecule has 0 saturated heterocycles. The molecule has 0 aromatic heterocycles. The topological polar surface area (TPSA) is 66.4 Å². The standard InChI is InChI=1S/C12H13F2NO3S/c13-9-2-4-11(14)12(6-9)19(17,18)15-10-3-1-8(5-10)7-16/h1-4,6,8,10,15-16H,5,7H2/t8-,10+/m0/s1. The van der Waals surface area contributed by atoms with Gasteiger partial charge in [0.25, 0.3) is 0 Å². The van der Waals surface area contributed by atoms with Crippen molar-refractivity contribution in [3.8, 4) is 0 Å². The molecule has 1 aliphatic carbocycles. The van der Waals surface area contributed by atoms with Crippen LogP contribution in [0.1, 0.15) is 6.42 Å². The van der Waals surface area contributed by atoms with Gasteiger partial charge in [-0.15, -0.1) is 0 Å². The Hall–Kier alpha value is -1.31. The van der Waals surface area contributed by atoms with E-state index in [0.717, 1.165) is 12.1 Å². The second kappa shape index (κ2) is 5.36. The first-order valence-electron chi connectivity index (χ1n) is 5.69. The third-order valence-electron chi connectivity index (χ3n) is 2.90. The van der Waals surface area contributed by atoms with Gasteiger partial charge in [-0.2, -0.15) is 0 Å². The highest BCUT2D eigenvalue weighted by Crippen LogP contribution is 2.21. The van der Waals surface area contributed by atoms with Crippen LogP contribution in [0.2, 0.25) is 0 Å². The Kier molecular flexibility index (Phi) is 3.98. The fraction of sp³-hybridized carbons (Fsp3) is 0.333. The number of halogens is 2. The summed E-state index contributed by atoms with van der Waals surface area (Å²) >= 11 is 0. The Morgan fingerprint density at radius 3 is 2.68 bits per heavy atom. The molecule has 0 aliphatic heterocycles. The van der Waals surface area contributed by atoms with E-state index in [-0.39, 0.29) is 12.5 Å². The van der Waals surface area contributed by atoms with Crippen LogP contribution in [0.5, 0.6) is 0 Å². The zero-order chi connectivity index (χ0) is 14.0. The van der Waals surface area contributed by atoms with Gasteiger partial charge in [0.2, 0.25) is 10.0 Å². The first kappa shape index (κ1) is 14.1. The van der Waals surface area contributed by atoms with E-state index in [0.29, 0.717) is 12.5 Å². The van der Waals surface area contributed by atoms with Gasteiger partial charge < -0.3 is 5.11 Å². The van der Waals surface area contributed by atoms with E-state index in [1.165, 1.54) is 0 Å². The van der Waals surface area contributed by atoms with Crippen molar-refractivity contribution < 1.29 is 22.3 Å². The van der Waals surface area contributed by atoms with E-state index >= 15 is 0 Å². The van der Waals surface area contributed by atoms with Crippen LogP contribution in [0, 0.1) is 17.6 Å². The molecular formula is C12H13F2NO3S. The number of rotatable bonds is 4. The van der Waals surface area contributed by atoms with Gasteiger partial charge >= 0.3 is 0 Å². The van der Waals surface area contributed by atoms with Crippen LogP contribution in [0.3, 0.4) is 0 Å². The number of sulfonamides is 1. The Morgan fingerprint density at radius 1 is 1.32 bits per heavy atom. The lowest BCUT2D eigenvalue weighted by Crippen LogP contribution is -2.33. The molecule has 0 amide bonds. The smallest absolute Gasteiger partial charge is 0.244 e. The Bertz CT molecular complexity index is 601. The Balaban J connectivity index is 2.20. The molecule has 19 heavy (non-hydrogen) atoms. The highest BCUT2D eigenvalue weighted by molar-refractivity contribution is 7.89. The maximum Gasteiger partial charge on any atom is 0.244 e. The second-order valence-electron chi connectivity index (χ2n) is 4.37. The highest BCUT2D eigenvalue weighted by Gasteiger charge is 2.26. The van der Waals surface area contributed by atoms with Crippen LogP contribution in [0.25, 0.3) is 0 Å². The summed E-state index contributed by atoms with van der Waals surface area (Å²) in [5, 5.41) is 8.94. The van der Waals surface area contributed by atoms with Gasteiger partial charge in [-0.1, -0.05) is 12.2 Å². The van der Waals surface area contributed by atoms with E-state index in [4.69, 9.17) is 5.11 Å². The van der Waals surface area contributed by atoms with Crippen molar-refractivity contribution >= 4 is 10.0 Å². The van der Waals surface area contributed by atoms with Crippen molar-refractivity contribution in [2.45, 2.75) is 17.4 Å². The molecule has 1 aliphatic rings. The fourth-order valence-electron chi connectivity index (χ4n) is 1.94. The largest absolute Gasteiger partial charge is 0.396 e. The SMILES string of the molecule is O=S(=O)(N[C@@H]1C=C[C@H](CO)C1)c1cc(F)ccc1F. The first-order chi connectivity index (χ1) is 8.92. The minimum atomic E-state index is -4.13. The molecular weight excluding hydrogens is 276 g/mol. The van der Waals surface area contributed by atoms with Gasteiger partial charge in [0.1, 0.15) is 16.5 Å². The molecule has 7 heteroatoms. The molecule has 0 bridgehead atoms. The predicted octanol–water partition coefficient (Wildman–Crippen LogP) is 1.18. The van der Waals surface area contributed by atoms with Crippen LogP contribution >= 0.6 is 0 Å². The molecule has 0 radical (unpaired) electrons. The van der Waals surface area contributed by atoms with Gasteiger partial charge in [-0.3, -0.25) is 0 Å². The quantitative estimate of drug-likeness (QED) is 0.818. The van der Waals surface area contributed by atoms with Crippen LogP contribution in [-0.2, 0) is 10.0 Å². The normalized spacial score (nSPS) is 22.9. The van der Waals surface area contributed by atoms with Crippen LogP contribution in [0.4, 0.5) is 8.78 Å². The summed E-state index contributed by atoms with van der Waals surface area (Å²) < 4.78 is 52.6. The summed E-state index contributed by atoms with van der Waals surface area (Å²) in [5.41, 5.74) is 0. The predicted molar refractivity (Wildman–Crippen MR) is 64.8 cm³/mol. The molecule has 0 saturated carbocycles. The molecule has 1 aromatic carbocycles. The second-order valence-corrected chi connectivity index (χ2v) is 6.05. The summed E-state index contributed by atoms with van der Waals surface area (Å²) in [7, 11) is -4.13. The average molecular weight is 289 g/mol. The number of hydrogen-bond donors (Lipinski definition) is 2. The lowest BCUT2D eigenvalue weighted by atomic mass is 10.1. The molecule has 0 unspecified atom stereocenters. The minimum Gasteiger partial charge on any atom is -0.396 e. The Morgan fingerprint density at radius 2 is 2.05 bits per heavy atom. The van der Waals surface area contributed by atoms with Crippen molar-refractivity contribution in [1.82, 2.24) is 4.72 Å². The Labute approximate surface area is 109 Å². The fourth-order valence-corrected chi connectivity index (χ4v) is 3.24. The number of benzene rings is 1. The van der Waals surface area contributed by atoms with E-state index in [1.807, 2.05) is 0 Å². The maximum absolute atomic E-state index is 13.4. The summed E-state index contributed by atoms with van der Waals surface area (Å²) in [5.74, 6) is -1.95. The van der Waals surface area contributed by atoms with E-state index in [2.05, 4.69) is 4.72 Å². The van der Waals surface area contributed by atoms with E-state index in [9.17, 15) is 17.2 Å². The van der Waals surface area contributed by atoms with Crippen LogP contribution in [-0.4, -0.2) is 26.2 Å². The van der Waals surface area contributed by atoms with E-state index < -0.39 is 32.6 Å². The van der Waals surface area contributed by atoms with Gasteiger partial charge in [0.15, 0.2) is 0 Å². The molecule has 1 aromatic rings. The molecule has 0 spiro atoms. The highest BCUT2D eigenvalue weighted by atomic mass is 32.2. The van der Waals surface area contributed by atoms with Crippen molar-refractivity contribution in [1.29, 1.82) is 0 Å². The molecule has 4 nitrogen and oxygen atoms in total. The van der Waals surface area contributed by atoms with Gasteiger partial charge in [0.05, 0.1) is 0 Å². The van der Waals surface area contributed by atoms with Crippen molar-refractivity contribution in [2.75, 3.05) is 6.61 Å². The third-order valence-corrected chi connectivity index (χ3v) is 4.40. The van der Waals surface area contributed by atoms with Gasteiger partial charge in [-0.25, -0.2) is 21.9 Å². The lowest BCUT2D eigenvalue weighted by molar-refractivity contribution is 0.248. The van der Waals surface area contributed by atoms with Crippen LogP contribution < -0.4 is 4.72 Å². The van der Waals surface area contributed by atoms with Gasteiger partial charge in [0, 0.05) is 18.6 Å². The summed E-state index contributed by atoms with van der Waals surface area (Å²) in [6.45, 7) is -0.0803. The van der Waals surface area contributed by atoms with Crippen LogP contribution in [0.15, 0.2) is 35.2 Å².